The topological polar surface area (TPSA) is 73.0 Å². The van der Waals surface area contributed by atoms with Crippen LogP contribution in [0.25, 0.3) is 0 Å². The molecule has 2 aromatic carbocycles. The summed E-state index contributed by atoms with van der Waals surface area (Å²) in [6.07, 6.45) is 1.79. The van der Waals surface area contributed by atoms with Gasteiger partial charge in [-0.15, -0.1) is 0 Å². The standard InChI is InChI=1S/C25H27ClN4O3/c26-18-7-9-19(10-8-18)28-12-14-29(15-13-28)23(31)17-6-11-21-22(16-17)27-25(33)30(24(21)32)20-4-2-1-3-5-20/h1-5,7-10,17,21-22H,6,11-16H2,(H,27,33). The molecule has 3 atom stereocenters. The number of carbonyl (C=O) groups excluding carboxylic acids is 3. The fourth-order valence-electron chi connectivity index (χ4n) is 5.26. The molecule has 0 spiro atoms. The summed E-state index contributed by atoms with van der Waals surface area (Å²) in [6.45, 7) is 2.87. The Kier molecular flexibility index (Phi) is 5.98. The Morgan fingerprint density at radius 3 is 2.27 bits per heavy atom. The highest BCUT2D eigenvalue weighted by atomic mass is 35.5. The minimum atomic E-state index is -0.405. The molecule has 2 aliphatic heterocycles. The van der Waals surface area contributed by atoms with Gasteiger partial charge in [-0.05, 0) is 55.7 Å². The van der Waals surface area contributed by atoms with E-state index in [9.17, 15) is 14.4 Å². The van der Waals surface area contributed by atoms with Gasteiger partial charge in [0.15, 0.2) is 0 Å². The highest BCUT2D eigenvalue weighted by Crippen LogP contribution is 2.35. The number of urea groups is 1. The van der Waals surface area contributed by atoms with E-state index in [4.69, 9.17) is 11.6 Å². The Morgan fingerprint density at radius 2 is 1.58 bits per heavy atom. The number of rotatable bonds is 3. The van der Waals surface area contributed by atoms with E-state index >= 15 is 0 Å². The van der Waals surface area contributed by atoms with Gasteiger partial charge >= 0.3 is 6.03 Å². The SMILES string of the molecule is O=C(C1CCC2C(=O)N(c3ccccc3)C(=O)NC2C1)N1CCN(c2ccc(Cl)cc2)CC1. The number of piperazine rings is 1. The van der Waals surface area contributed by atoms with Crippen molar-refractivity contribution < 1.29 is 14.4 Å². The molecule has 0 bridgehead atoms. The first-order valence-corrected chi connectivity index (χ1v) is 11.9. The van der Waals surface area contributed by atoms with E-state index in [0.29, 0.717) is 43.1 Å². The van der Waals surface area contributed by atoms with Gasteiger partial charge < -0.3 is 15.1 Å². The minimum absolute atomic E-state index is 0.136. The molecular formula is C25H27ClN4O3. The Bertz CT molecular complexity index is 1040. The molecule has 1 aliphatic carbocycles. The summed E-state index contributed by atoms with van der Waals surface area (Å²) in [4.78, 5) is 44.5. The molecule has 7 nitrogen and oxygen atoms in total. The first-order valence-electron chi connectivity index (χ1n) is 11.5. The summed E-state index contributed by atoms with van der Waals surface area (Å²) < 4.78 is 0. The third-order valence-electron chi connectivity index (χ3n) is 7.05. The molecule has 2 saturated heterocycles. The number of nitrogens with one attached hydrogen (secondary N) is 1. The Morgan fingerprint density at radius 1 is 0.879 bits per heavy atom. The number of anilines is 2. The fourth-order valence-corrected chi connectivity index (χ4v) is 5.38. The number of para-hydroxylation sites is 1. The molecule has 3 aliphatic rings. The van der Waals surface area contributed by atoms with E-state index < -0.39 is 6.03 Å². The van der Waals surface area contributed by atoms with Crippen LogP contribution in [0, 0.1) is 11.8 Å². The number of halogens is 1. The van der Waals surface area contributed by atoms with Gasteiger partial charge in [-0.25, -0.2) is 9.69 Å². The van der Waals surface area contributed by atoms with Crippen LogP contribution in [0.15, 0.2) is 54.6 Å². The molecule has 172 valence electrons. The maximum absolute atomic E-state index is 13.2. The minimum Gasteiger partial charge on any atom is -0.368 e. The van der Waals surface area contributed by atoms with Crippen molar-refractivity contribution in [1.82, 2.24) is 10.2 Å². The Hall–Kier alpha value is -3.06. The average Bonchev–Trinajstić information content (AvgIpc) is 2.84. The molecule has 1 N–H and O–H groups in total. The Balaban J connectivity index is 1.19. The summed E-state index contributed by atoms with van der Waals surface area (Å²) in [5.41, 5.74) is 1.69. The molecule has 1 saturated carbocycles. The largest absolute Gasteiger partial charge is 0.368 e. The summed E-state index contributed by atoms with van der Waals surface area (Å²) >= 11 is 5.99. The lowest BCUT2D eigenvalue weighted by Crippen LogP contribution is -2.62. The van der Waals surface area contributed by atoms with E-state index in [1.54, 1.807) is 12.1 Å². The lowest BCUT2D eigenvalue weighted by Gasteiger charge is -2.43. The second kappa shape index (κ2) is 9.06. The van der Waals surface area contributed by atoms with Crippen molar-refractivity contribution in [2.75, 3.05) is 36.0 Å². The number of imide groups is 1. The fraction of sp³-hybridized carbons (Fsp3) is 0.400. The van der Waals surface area contributed by atoms with Crippen LogP contribution in [-0.2, 0) is 9.59 Å². The van der Waals surface area contributed by atoms with Crippen molar-refractivity contribution >= 4 is 40.8 Å². The summed E-state index contributed by atoms with van der Waals surface area (Å²) in [5.74, 6) is -0.479. The number of hydrogen-bond acceptors (Lipinski definition) is 4. The van der Waals surface area contributed by atoms with Crippen LogP contribution in [0.1, 0.15) is 19.3 Å². The van der Waals surface area contributed by atoms with Gasteiger partial charge in [0.05, 0.1) is 11.6 Å². The van der Waals surface area contributed by atoms with E-state index in [2.05, 4.69) is 10.2 Å². The van der Waals surface area contributed by atoms with Crippen molar-refractivity contribution in [3.63, 3.8) is 0 Å². The molecule has 3 fully saturated rings. The second-order valence-corrected chi connectivity index (χ2v) is 9.41. The van der Waals surface area contributed by atoms with E-state index in [1.807, 2.05) is 47.4 Å². The lowest BCUT2D eigenvalue weighted by atomic mass is 9.76. The summed E-state index contributed by atoms with van der Waals surface area (Å²) in [5, 5.41) is 3.71. The van der Waals surface area contributed by atoms with Crippen LogP contribution in [-0.4, -0.2) is 55.0 Å². The highest BCUT2D eigenvalue weighted by Gasteiger charge is 2.46. The van der Waals surface area contributed by atoms with Crippen molar-refractivity contribution in [3.05, 3.63) is 59.6 Å². The van der Waals surface area contributed by atoms with Crippen molar-refractivity contribution in [2.45, 2.75) is 25.3 Å². The third-order valence-corrected chi connectivity index (χ3v) is 7.30. The van der Waals surface area contributed by atoms with E-state index in [0.717, 1.165) is 18.8 Å². The van der Waals surface area contributed by atoms with Gasteiger partial charge in [0.25, 0.3) is 0 Å². The van der Waals surface area contributed by atoms with Crippen LogP contribution in [0.5, 0.6) is 0 Å². The van der Waals surface area contributed by atoms with Crippen LogP contribution < -0.4 is 15.1 Å². The number of amides is 4. The van der Waals surface area contributed by atoms with Crippen molar-refractivity contribution in [2.24, 2.45) is 11.8 Å². The molecular weight excluding hydrogens is 440 g/mol. The first-order chi connectivity index (χ1) is 16.0. The molecule has 0 radical (unpaired) electrons. The highest BCUT2D eigenvalue weighted by molar-refractivity contribution is 6.30. The predicted molar refractivity (Wildman–Crippen MR) is 127 cm³/mol. The third kappa shape index (κ3) is 4.29. The summed E-state index contributed by atoms with van der Waals surface area (Å²) in [7, 11) is 0. The van der Waals surface area contributed by atoms with Gasteiger partial charge in [-0.2, -0.15) is 0 Å². The maximum atomic E-state index is 13.2. The molecule has 33 heavy (non-hydrogen) atoms. The van der Waals surface area contributed by atoms with Crippen molar-refractivity contribution in [3.8, 4) is 0 Å². The lowest BCUT2D eigenvalue weighted by molar-refractivity contribution is -0.139. The number of benzene rings is 2. The van der Waals surface area contributed by atoms with Gasteiger partial charge in [0.2, 0.25) is 11.8 Å². The van der Waals surface area contributed by atoms with Crippen LogP contribution in [0.4, 0.5) is 16.2 Å². The average molecular weight is 467 g/mol. The summed E-state index contributed by atoms with van der Waals surface area (Å²) in [6, 6.07) is 16.1. The molecule has 4 amide bonds. The molecule has 0 aromatic heterocycles. The quantitative estimate of drug-likeness (QED) is 0.751. The van der Waals surface area contributed by atoms with Crippen molar-refractivity contribution in [1.29, 1.82) is 0 Å². The molecule has 8 heteroatoms. The van der Waals surface area contributed by atoms with Crippen LogP contribution in [0.2, 0.25) is 5.02 Å². The smallest absolute Gasteiger partial charge is 0.328 e. The van der Waals surface area contributed by atoms with Gasteiger partial charge in [0.1, 0.15) is 0 Å². The Labute approximate surface area is 198 Å². The predicted octanol–water partition coefficient (Wildman–Crippen LogP) is 3.53. The first kappa shape index (κ1) is 21.8. The number of carbonyl (C=O) groups is 3. The number of nitrogens with zero attached hydrogens (tertiary/aromatic N) is 3. The molecule has 2 aromatic rings. The monoisotopic (exact) mass is 466 g/mol. The van der Waals surface area contributed by atoms with Crippen LogP contribution in [0.3, 0.4) is 0 Å². The zero-order chi connectivity index (χ0) is 22.9. The van der Waals surface area contributed by atoms with Crippen LogP contribution >= 0.6 is 11.6 Å². The number of hydrogen-bond donors (Lipinski definition) is 1. The molecule has 3 unspecified atom stereocenters. The van der Waals surface area contributed by atoms with E-state index in [1.165, 1.54) is 4.90 Å². The molecule has 2 heterocycles. The van der Waals surface area contributed by atoms with E-state index in [-0.39, 0.29) is 29.7 Å². The second-order valence-electron chi connectivity index (χ2n) is 8.97. The zero-order valence-corrected chi connectivity index (χ0v) is 19.1. The normalized spacial score (nSPS) is 25.5. The van der Waals surface area contributed by atoms with Gasteiger partial charge in [0, 0.05) is 48.8 Å². The zero-order valence-electron chi connectivity index (χ0n) is 18.3. The van der Waals surface area contributed by atoms with Gasteiger partial charge in [-0.1, -0.05) is 29.8 Å². The molecule has 5 rings (SSSR count). The number of fused-ring (bicyclic) bond motifs is 1. The van der Waals surface area contributed by atoms with Gasteiger partial charge in [-0.3, -0.25) is 9.59 Å². The maximum Gasteiger partial charge on any atom is 0.328 e.